The molecule has 0 saturated carbocycles. The second kappa shape index (κ2) is 5.41. The molecule has 0 radical (unpaired) electrons. The first-order valence-electron chi connectivity index (χ1n) is 7.57. The molecule has 20 heavy (non-hydrogen) atoms. The van der Waals surface area contributed by atoms with Gasteiger partial charge in [-0.15, -0.1) is 0 Å². The Labute approximate surface area is 122 Å². The van der Waals surface area contributed by atoms with Crippen LogP contribution in [0.2, 0.25) is 0 Å². The number of hydrogen-bond acceptors (Lipinski definition) is 4. The quantitative estimate of drug-likeness (QED) is 0.918. The Hall–Kier alpha value is -1.00. The van der Waals surface area contributed by atoms with E-state index in [1.54, 1.807) is 0 Å². The van der Waals surface area contributed by atoms with Crippen molar-refractivity contribution in [1.29, 1.82) is 0 Å². The van der Waals surface area contributed by atoms with Crippen LogP contribution in [0.25, 0.3) is 0 Å². The normalized spacial score (nSPS) is 24.0. The SMILES string of the molecule is CCOC(C)(CC)c1ncc2c(n1)CC(C)(C)CC2N. The van der Waals surface area contributed by atoms with Crippen LogP contribution < -0.4 is 5.73 Å². The van der Waals surface area contributed by atoms with E-state index in [0.717, 1.165) is 36.3 Å². The van der Waals surface area contributed by atoms with Crippen LogP contribution in [-0.4, -0.2) is 16.6 Å². The molecule has 0 spiro atoms. The van der Waals surface area contributed by atoms with Crippen LogP contribution in [0.4, 0.5) is 0 Å². The van der Waals surface area contributed by atoms with Crippen molar-refractivity contribution in [2.75, 3.05) is 6.61 Å². The maximum Gasteiger partial charge on any atom is 0.160 e. The fourth-order valence-corrected chi connectivity index (χ4v) is 3.01. The maximum atomic E-state index is 6.26. The van der Waals surface area contributed by atoms with Gasteiger partial charge in [-0.3, -0.25) is 0 Å². The first-order chi connectivity index (χ1) is 9.31. The van der Waals surface area contributed by atoms with Crippen molar-refractivity contribution in [3.63, 3.8) is 0 Å². The summed E-state index contributed by atoms with van der Waals surface area (Å²) in [5.74, 6) is 0.783. The molecule has 4 nitrogen and oxygen atoms in total. The van der Waals surface area contributed by atoms with E-state index in [4.69, 9.17) is 15.5 Å². The molecule has 0 bridgehead atoms. The number of rotatable bonds is 4. The maximum absolute atomic E-state index is 6.26. The predicted molar refractivity (Wildman–Crippen MR) is 80.3 cm³/mol. The Morgan fingerprint density at radius 3 is 2.75 bits per heavy atom. The molecule has 0 amide bonds. The van der Waals surface area contributed by atoms with E-state index in [2.05, 4.69) is 32.7 Å². The minimum absolute atomic E-state index is 0.0442. The Morgan fingerprint density at radius 2 is 2.15 bits per heavy atom. The lowest BCUT2D eigenvalue weighted by Gasteiger charge is -2.35. The molecule has 0 aliphatic heterocycles. The summed E-state index contributed by atoms with van der Waals surface area (Å²) in [6.07, 6.45) is 4.70. The molecule has 1 aliphatic rings. The summed E-state index contributed by atoms with van der Waals surface area (Å²) in [5, 5.41) is 0. The lowest BCUT2D eigenvalue weighted by molar-refractivity contribution is -0.0393. The third-order valence-electron chi connectivity index (χ3n) is 4.33. The summed E-state index contributed by atoms with van der Waals surface area (Å²) in [6, 6.07) is 0.0442. The minimum atomic E-state index is -0.407. The minimum Gasteiger partial charge on any atom is -0.368 e. The van der Waals surface area contributed by atoms with E-state index in [9.17, 15) is 0 Å². The van der Waals surface area contributed by atoms with Gasteiger partial charge in [-0.25, -0.2) is 9.97 Å². The summed E-state index contributed by atoms with van der Waals surface area (Å²) >= 11 is 0. The average molecular weight is 277 g/mol. The van der Waals surface area contributed by atoms with Crippen LogP contribution >= 0.6 is 0 Å². The Balaban J connectivity index is 2.41. The molecule has 0 aromatic carbocycles. The van der Waals surface area contributed by atoms with Crippen molar-refractivity contribution >= 4 is 0 Å². The zero-order valence-electron chi connectivity index (χ0n) is 13.4. The zero-order chi connectivity index (χ0) is 15.0. The molecule has 4 heteroatoms. The molecule has 112 valence electrons. The van der Waals surface area contributed by atoms with E-state index in [1.807, 2.05) is 13.1 Å². The molecule has 2 unspecified atom stereocenters. The smallest absolute Gasteiger partial charge is 0.160 e. The zero-order valence-corrected chi connectivity index (χ0v) is 13.4. The second-order valence-electron chi connectivity index (χ2n) is 6.76. The van der Waals surface area contributed by atoms with Gasteiger partial charge in [0.05, 0.1) is 0 Å². The van der Waals surface area contributed by atoms with Gasteiger partial charge in [0.15, 0.2) is 5.82 Å². The second-order valence-corrected chi connectivity index (χ2v) is 6.76. The van der Waals surface area contributed by atoms with Crippen molar-refractivity contribution in [2.45, 2.75) is 65.5 Å². The van der Waals surface area contributed by atoms with Gasteiger partial charge < -0.3 is 10.5 Å². The largest absolute Gasteiger partial charge is 0.368 e. The number of hydrogen-bond donors (Lipinski definition) is 1. The standard InChI is InChI=1S/C16H27N3O/c1-6-16(5,20-7-2)14-18-10-11-12(17)8-15(3,4)9-13(11)19-14/h10,12H,6-9,17H2,1-5H3. The number of nitrogens with two attached hydrogens (primary N) is 1. The molecule has 1 aliphatic carbocycles. The summed E-state index contributed by atoms with van der Waals surface area (Å²) in [6.45, 7) is 11.3. The van der Waals surface area contributed by atoms with Gasteiger partial charge in [-0.1, -0.05) is 20.8 Å². The van der Waals surface area contributed by atoms with Gasteiger partial charge in [-0.05, 0) is 38.5 Å². The molecule has 2 N–H and O–H groups in total. The van der Waals surface area contributed by atoms with Crippen molar-refractivity contribution in [3.8, 4) is 0 Å². The first kappa shape index (κ1) is 15.4. The molecule has 2 atom stereocenters. The van der Waals surface area contributed by atoms with E-state index in [0.29, 0.717) is 6.61 Å². The molecule has 2 rings (SSSR count). The van der Waals surface area contributed by atoms with Gasteiger partial charge >= 0.3 is 0 Å². The molecule has 0 saturated heterocycles. The third kappa shape index (κ3) is 2.86. The fraction of sp³-hybridized carbons (Fsp3) is 0.750. The van der Waals surface area contributed by atoms with E-state index in [1.165, 1.54) is 0 Å². The van der Waals surface area contributed by atoms with Crippen LogP contribution in [0.15, 0.2) is 6.20 Å². The lowest BCUT2D eigenvalue weighted by atomic mass is 9.74. The van der Waals surface area contributed by atoms with Gasteiger partial charge in [0.2, 0.25) is 0 Å². The fourth-order valence-electron chi connectivity index (χ4n) is 3.01. The Kier molecular flexibility index (Phi) is 4.17. The molecule has 0 fully saturated rings. The number of fused-ring (bicyclic) bond motifs is 1. The van der Waals surface area contributed by atoms with Gasteiger partial charge in [0.25, 0.3) is 0 Å². The van der Waals surface area contributed by atoms with Crippen LogP contribution in [0.1, 0.15) is 70.6 Å². The van der Waals surface area contributed by atoms with Crippen LogP contribution in [0.3, 0.4) is 0 Å². The van der Waals surface area contributed by atoms with Gasteiger partial charge in [0, 0.05) is 30.1 Å². The Morgan fingerprint density at radius 1 is 1.45 bits per heavy atom. The van der Waals surface area contributed by atoms with Crippen LogP contribution in [0.5, 0.6) is 0 Å². The van der Waals surface area contributed by atoms with Crippen LogP contribution in [-0.2, 0) is 16.8 Å². The lowest BCUT2D eigenvalue weighted by Crippen LogP contribution is -2.33. The van der Waals surface area contributed by atoms with Gasteiger partial charge in [0.1, 0.15) is 5.60 Å². The van der Waals surface area contributed by atoms with E-state index < -0.39 is 5.60 Å². The number of ether oxygens (including phenoxy) is 1. The molecular weight excluding hydrogens is 250 g/mol. The highest BCUT2D eigenvalue weighted by Crippen LogP contribution is 2.39. The molecular formula is C16H27N3O. The van der Waals surface area contributed by atoms with Crippen molar-refractivity contribution in [3.05, 3.63) is 23.3 Å². The highest BCUT2D eigenvalue weighted by molar-refractivity contribution is 5.27. The molecule has 1 aromatic rings. The number of aromatic nitrogens is 2. The highest BCUT2D eigenvalue weighted by atomic mass is 16.5. The summed E-state index contributed by atoms with van der Waals surface area (Å²) in [7, 11) is 0. The molecule has 1 heterocycles. The van der Waals surface area contributed by atoms with Crippen molar-refractivity contribution in [2.24, 2.45) is 11.1 Å². The van der Waals surface area contributed by atoms with E-state index >= 15 is 0 Å². The topological polar surface area (TPSA) is 61.0 Å². The summed E-state index contributed by atoms with van der Waals surface area (Å²) in [4.78, 5) is 9.34. The molecule has 1 aromatic heterocycles. The first-order valence-corrected chi connectivity index (χ1v) is 7.57. The monoisotopic (exact) mass is 277 g/mol. The van der Waals surface area contributed by atoms with E-state index in [-0.39, 0.29) is 11.5 Å². The Bertz CT molecular complexity index is 487. The van der Waals surface area contributed by atoms with Crippen molar-refractivity contribution in [1.82, 2.24) is 9.97 Å². The van der Waals surface area contributed by atoms with Crippen LogP contribution in [0, 0.1) is 5.41 Å². The highest BCUT2D eigenvalue weighted by Gasteiger charge is 2.34. The van der Waals surface area contributed by atoms with Gasteiger partial charge in [-0.2, -0.15) is 0 Å². The average Bonchev–Trinajstić information content (AvgIpc) is 2.36. The predicted octanol–water partition coefficient (Wildman–Crippen LogP) is 3.11. The summed E-state index contributed by atoms with van der Waals surface area (Å²) < 4.78 is 5.88. The number of nitrogens with zero attached hydrogens (tertiary/aromatic N) is 2. The third-order valence-corrected chi connectivity index (χ3v) is 4.33. The summed E-state index contributed by atoms with van der Waals surface area (Å²) in [5.41, 5.74) is 8.25. The van der Waals surface area contributed by atoms with Crippen molar-refractivity contribution < 1.29 is 4.74 Å².